The minimum atomic E-state index is 0.229. The number of para-hydroxylation sites is 2. The van der Waals surface area contributed by atoms with Gasteiger partial charge in [0, 0.05) is 38.8 Å². The van der Waals surface area contributed by atoms with Crippen LogP contribution in [0.1, 0.15) is 17.0 Å². The average Bonchev–Trinajstić information content (AvgIpc) is 3.45. The molecule has 0 unspecified atom stereocenters. The number of benzene rings is 2. The Labute approximate surface area is 185 Å². The molecule has 1 saturated heterocycles. The molecule has 1 aliphatic heterocycles. The number of carbonyl (C=O) groups excluding carboxylic acids is 1. The van der Waals surface area contributed by atoms with Crippen molar-refractivity contribution in [1.29, 1.82) is 0 Å². The molecular formula is C24H25N5OS. The molecule has 0 atom stereocenters. The Hall–Kier alpha value is -3.03. The Bertz CT molecular complexity index is 1130. The summed E-state index contributed by atoms with van der Waals surface area (Å²) in [6.45, 7) is 4.22. The molecule has 1 aliphatic rings. The van der Waals surface area contributed by atoms with Gasteiger partial charge < -0.3 is 4.90 Å². The van der Waals surface area contributed by atoms with E-state index in [-0.39, 0.29) is 5.91 Å². The first-order valence-electron chi connectivity index (χ1n) is 10.7. The number of nitrogens with zero attached hydrogens (tertiary/aromatic N) is 5. The summed E-state index contributed by atoms with van der Waals surface area (Å²) in [5, 5.41) is 5.57. The maximum Gasteiger partial charge on any atom is 0.222 e. The molecule has 6 nitrogen and oxygen atoms in total. The van der Waals surface area contributed by atoms with Crippen molar-refractivity contribution in [1.82, 2.24) is 24.6 Å². The van der Waals surface area contributed by atoms with E-state index in [1.165, 1.54) is 4.70 Å². The molecule has 0 N–H and O–H groups in total. The number of fused-ring (bicyclic) bond motifs is 1. The van der Waals surface area contributed by atoms with Crippen molar-refractivity contribution in [2.24, 2.45) is 0 Å². The number of rotatable bonds is 6. The van der Waals surface area contributed by atoms with E-state index in [4.69, 9.17) is 4.98 Å². The zero-order valence-corrected chi connectivity index (χ0v) is 18.2. The summed E-state index contributed by atoms with van der Waals surface area (Å²) in [6, 6.07) is 18.3. The van der Waals surface area contributed by atoms with Crippen LogP contribution in [0.3, 0.4) is 0 Å². The first-order valence-corrected chi connectivity index (χ1v) is 11.5. The molecule has 0 saturated carbocycles. The molecule has 5 rings (SSSR count). The second kappa shape index (κ2) is 8.99. The molecule has 2 aromatic carbocycles. The van der Waals surface area contributed by atoms with Crippen molar-refractivity contribution in [2.45, 2.75) is 19.4 Å². The van der Waals surface area contributed by atoms with Crippen molar-refractivity contribution in [3.8, 4) is 5.69 Å². The van der Waals surface area contributed by atoms with Crippen LogP contribution < -0.4 is 0 Å². The van der Waals surface area contributed by atoms with Gasteiger partial charge in [0.2, 0.25) is 5.91 Å². The van der Waals surface area contributed by atoms with Gasteiger partial charge in [-0.05, 0) is 36.2 Å². The van der Waals surface area contributed by atoms with Gasteiger partial charge in [0.1, 0.15) is 5.01 Å². The minimum absolute atomic E-state index is 0.229. The molecule has 2 aromatic heterocycles. The van der Waals surface area contributed by atoms with Gasteiger partial charge in [-0.2, -0.15) is 5.10 Å². The number of amides is 1. The number of thiazole rings is 1. The van der Waals surface area contributed by atoms with Crippen molar-refractivity contribution in [3.05, 3.63) is 77.6 Å². The molecule has 1 fully saturated rings. The van der Waals surface area contributed by atoms with Gasteiger partial charge in [0.15, 0.2) is 0 Å². The topological polar surface area (TPSA) is 54.3 Å². The van der Waals surface area contributed by atoms with Crippen molar-refractivity contribution in [3.63, 3.8) is 0 Å². The highest BCUT2D eigenvalue weighted by Gasteiger charge is 2.22. The van der Waals surface area contributed by atoms with Crippen LogP contribution in [0.5, 0.6) is 0 Å². The van der Waals surface area contributed by atoms with Crippen LogP contribution >= 0.6 is 11.3 Å². The average molecular weight is 432 g/mol. The Balaban J connectivity index is 1.10. The molecule has 0 spiro atoms. The third-order valence-corrected chi connectivity index (χ3v) is 6.73. The van der Waals surface area contributed by atoms with Crippen molar-refractivity contribution >= 4 is 27.5 Å². The SMILES string of the molecule is O=C(CCc1cnn(-c2ccccc2)c1)N1CCN(Cc2nc3ccccc3s2)CC1. The minimum Gasteiger partial charge on any atom is -0.340 e. The van der Waals surface area contributed by atoms with E-state index in [2.05, 4.69) is 28.2 Å². The fourth-order valence-corrected chi connectivity index (χ4v) is 4.96. The number of piperazine rings is 1. The Morgan fingerprint density at radius 2 is 1.74 bits per heavy atom. The van der Waals surface area contributed by atoms with Crippen LogP contribution in [0, 0.1) is 0 Å². The smallest absolute Gasteiger partial charge is 0.222 e. The Kier molecular flexibility index (Phi) is 5.78. The summed E-state index contributed by atoms with van der Waals surface area (Å²) >= 11 is 1.76. The van der Waals surface area contributed by atoms with Crippen molar-refractivity contribution < 1.29 is 4.79 Å². The van der Waals surface area contributed by atoms with Gasteiger partial charge in [-0.3, -0.25) is 9.69 Å². The van der Waals surface area contributed by atoms with Crippen LogP contribution in [0.4, 0.5) is 0 Å². The van der Waals surface area contributed by atoms with Gasteiger partial charge in [-0.15, -0.1) is 11.3 Å². The third-order valence-electron chi connectivity index (χ3n) is 5.71. The Morgan fingerprint density at radius 1 is 0.968 bits per heavy atom. The fraction of sp³-hybridized carbons (Fsp3) is 0.292. The van der Waals surface area contributed by atoms with E-state index in [9.17, 15) is 4.79 Å². The summed E-state index contributed by atoms with van der Waals surface area (Å²) < 4.78 is 3.10. The molecule has 4 aromatic rings. The third kappa shape index (κ3) is 4.68. The van der Waals surface area contributed by atoms with Crippen LogP contribution in [0.2, 0.25) is 0 Å². The molecule has 0 aliphatic carbocycles. The highest BCUT2D eigenvalue weighted by atomic mass is 32.1. The number of aromatic nitrogens is 3. The second-order valence-electron chi connectivity index (χ2n) is 7.86. The number of hydrogen-bond acceptors (Lipinski definition) is 5. The van der Waals surface area contributed by atoms with E-state index in [0.717, 1.165) is 60.9 Å². The van der Waals surface area contributed by atoms with Crippen LogP contribution in [0.25, 0.3) is 15.9 Å². The van der Waals surface area contributed by atoms with Gasteiger partial charge in [-0.25, -0.2) is 9.67 Å². The van der Waals surface area contributed by atoms with Crippen LogP contribution in [0.15, 0.2) is 67.0 Å². The molecule has 31 heavy (non-hydrogen) atoms. The highest BCUT2D eigenvalue weighted by Crippen LogP contribution is 2.23. The highest BCUT2D eigenvalue weighted by molar-refractivity contribution is 7.18. The van der Waals surface area contributed by atoms with E-state index >= 15 is 0 Å². The second-order valence-corrected chi connectivity index (χ2v) is 8.98. The molecule has 0 bridgehead atoms. The normalized spacial score (nSPS) is 14.9. The summed E-state index contributed by atoms with van der Waals surface area (Å²) in [7, 11) is 0. The zero-order valence-electron chi connectivity index (χ0n) is 17.4. The first-order chi connectivity index (χ1) is 15.2. The maximum absolute atomic E-state index is 12.7. The maximum atomic E-state index is 12.7. The molecule has 3 heterocycles. The number of aryl methyl sites for hydroxylation is 1. The summed E-state index contributed by atoms with van der Waals surface area (Å²) in [5.74, 6) is 0.229. The lowest BCUT2D eigenvalue weighted by atomic mass is 10.1. The van der Waals surface area contributed by atoms with E-state index in [0.29, 0.717) is 6.42 Å². The monoisotopic (exact) mass is 431 g/mol. The van der Waals surface area contributed by atoms with Crippen molar-refractivity contribution in [2.75, 3.05) is 26.2 Å². The largest absolute Gasteiger partial charge is 0.340 e. The van der Waals surface area contributed by atoms with E-state index in [1.54, 1.807) is 11.3 Å². The predicted molar refractivity (Wildman–Crippen MR) is 123 cm³/mol. The number of carbonyl (C=O) groups is 1. The molecule has 0 radical (unpaired) electrons. The molecular weight excluding hydrogens is 406 g/mol. The van der Waals surface area contributed by atoms with Gasteiger partial charge in [-0.1, -0.05) is 30.3 Å². The van der Waals surface area contributed by atoms with E-state index in [1.807, 2.05) is 58.4 Å². The van der Waals surface area contributed by atoms with E-state index < -0.39 is 0 Å². The lowest BCUT2D eigenvalue weighted by Crippen LogP contribution is -2.48. The lowest BCUT2D eigenvalue weighted by molar-refractivity contribution is -0.133. The van der Waals surface area contributed by atoms with Gasteiger partial charge >= 0.3 is 0 Å². The number of hydrogen-bond donors (Lipinski definition) is 0. The summed E-state index contributed by atoms with van der Waals surface area (Å²) in [4.78, 5) is 21.8. The lowest BCUT2D eigenvalue weighted by Gasteiger charge is -2.34. The predicted octanol–water partition coefficient (Wildman–Crippen LogP) is 3.76. The molecule has 1 amide bonds. The molecule has 158 valence electrons. The first kappa shape index (κ1) is 19.9. The van der Waals surface area contributed by atoms with Crippen LogP contribution in [-0.2, 0) is 17.8 Å². The van der Waals surface area contributed by atoms with Crippen LogP contribution in [-0.4, -0.2) is 56.7 Å². The quantitative estimate of drug-likeness (QED) is 0.467. The summed E-state index contributed by atoms with van der Waals surface area (Å²) in [5.41, 5.74) is 3.20. The fourth-order valence-electron chi connectivity index (χ4n) is 3.95. The molecule has 7 heteroatoms. The Morgan fingerprint density at radius 3 is 2.55 bits per heavy atom. The van der Waals surface area contributed by atoms with Gasteiger partial charge in [0.25, 0.3) is 0 Å². The summed E-state index contributed by atoms with van der Waals surface area (Å²) in [6.07, 6.45) is 5.12. The standard InChI is InChI=1S/C24H25N5OS/c30-24(11-10-19-16-25-29(17-19)20-6-2-1-3-7-20)28-14-12-27(13-15-28)18-23-26-21-8-4-5-9-22(21)31-23/h1-9,16-17H,10-15,18H2. The zero-order chi connectivity index (χ0) is 21.0. The van der Waals surface area contributed by atoms with Gasteiger partial charge in [0.05, 0.1) is 28.6 Å².